The van der Waals surface area contributed by atoms with Gasteiger partial charge in [-0.2, -0.15) is 9.82 Å². The van der Waals surface area contributed by atoms with Crippen LogP contribution >= 0.6 is 15.9 Å². The van der Waals surface area contributed by atoms with Crippen molar-refractivity contribution in [3.63, 3.8) is 0 Å². The smallest absolute Gasteiger partial charge is 0.258 e. The van der Waals surface area contributed by atoms with Gasteiger partial charge in [-0.05, 0) is 43.2 Å². The predicted molar refractivity (Wildman–Crippen MR) is 112 cm³/mol. The van der Waals surface area contributed by atoms with E-state index in [4.69, 9.17) is 0 Å². The van der Waals surface area contributed by atoms with Crippen LogP contribution in [0.2, 0.25) is 0 Å². The molecule has 28 heavy (non-hydrogen) atoms. The largest absolute Gasteiger partial charge is 0.507 e. The van der Waals surface area contributed by atoms with E-state index in [1.54, 1.807) is 38.1 Å². The van der Waals surface area contributed by atoms with Crippen LogP contribution in [0.25, 0.3) is 0 Å². The lowest BCUT2D eigenvalue weighted by Crippen LogP contribution is -2.48. The number of carbonyl (C=O) groups excluding carboxylic acids is 1. The molecule has 0 unspecified atom stereocenters. The SMILES string of the molecule is Cc1ccc(S(=O)(=O)N[C@@H](C(=O)N/N=C\c2cc(Br)ccc2O)C(C)C)cc1. The van der Waals surface area contributed by atoms with Crippen LogP contribution in [-0.4, -0.2) is 31.7 Å². The second-order valence-electron chi connectivity index (χ2n) is 6.59. The first-order valence-electron chi connectivity index (χ1n) is 8.50. The van der Waals surface area contributed by atoms with E-state index in [1.165, 1.54) is 24.4 Å². The van der Waals surface area contributed by atoms with Gasteiger partial charge < -0.3 is 5.11 Å². The number of nitrogens with one attached hydrogen (secondary N) is 2. The fourth-order valence-electron chi connectivity index (χ4n) is 2.31. The lowest BCUT2D eigenvalue weighted by Gasteiger charge is -2.20. The summed E-state index contributed by atoms with van der Waals surface area (Å²) in [6.07, 6.45) is 1.28. The van der Waals surface area contributed by atoms with Crippen molar-refractivity contribution in [3.05, 3.63) is 58.1 Å². The zero-order chi connectivity index (χ0) is 20.9. The molecule has 0 radical (unpaired) electrons. The number of benzene rings is 2. The molecule has 1 amide bonds. The molecule has 0 bridgehead atoms. The van der Waals surface area contributed by atoms with Gasteiger partial charge in [0.05, 0.1) is 11.1 Å². The first kappa shape index (κ1) is 22.1. The first-order valence-corrected chi connectivity index (χ1v) is 10.8. The lowest BCUT2D eigenvalue weighted by molar-refractivity contribution is -0.123. The van der Waals surface area contributed by atoms with Gasteiger partial charge in [-0.25, -0.2) is 13.8 Å². The molecule has 0 aliphatic carbocycles. The van der Waals surface area contributed by atoms with E-state index < -0.39 is 22.0 Å². The number of hydrogen-bond acceptors (Lipinski definition) is 5. The summed E-state index contributed by atoms with van der Waals surface area (Å²) in [5, 5.41) is 13.6. The fraction of sp³-hybridized carbons (Fsp3) is 0.263. The number of halogens is 1. The summed E-state index contributed by atoms with van der Waals surface area (Å²) >= 11 is 3.28. The van der Waals surface area contributed by atoms with Crippen molar-refractivity contribution in [2.75, 3.05) is 0 Å². The second kappa shape index (κ2) is 9.31. The van der Waals surface area contributed by atoms with E-state index in [0.717, 1.165) is 10.0 Å². The van der Waals surface area contributed by atoms with Crippen LogP contribution in [0.1, 0.15) is 25.0 Å². The van der Waals surface area contributed by atoms with Gasteiger partial charge >= 0.3 is 0 Å². The quantitative estimate of drug-likeness (QED) is 0.429. The number of nitrogens with zero attached hydrogens (tertiary/aromatic N) is 1. The van der Waals surface area contributed by atoms with Crippen molar-refractivity contribution < 1.29 is 18.3 Å². The molecule has 2 aromatic carbocycles. The summed E-state index contributed by atoms with van der Waals surface area (Å²) in [5.74, 6) is -0.909. The van der Waals surface area contributed by atoms with Crippen LogP contribution in [0, 0.1) is 12.8 Å². The Morgan fingerprint density at radius 3 is 2.43 bits per heavy atom. The van der Waals surface area contributed by atoms with Crippen molar-refractivity contribution in [1.82, 2.24) is 10.1 Å². The Morgan fingerprint density at radius 2 is 1.82 bits per heavy atom. The van der Waals surface area contributed by atoms with Crippen molar-refractivity contribution in [1.29, 1.82) is 0 Å². The average Bonchev–Trinajstić information content (AvgIpc) is 2.62. The molecule has 2 rings (SSSR count). The molecule has 2 aromatic rings. The highest BCUT2D eigenvalue weighted by molar-refractivity contribution is 9.10. The number of hydrogen-bond donors (Lipinski definition) is 3. The van der Waals surface area contributed by atoms with E-state index in [2.05, 4.69) is 31.2 Å². The van der Waals surface area contributed by atoms with Gasteiger partial charge in [0.1, 0.15) is 11.8 Å². The maximum absolute atomic E-state index is 12.6. The Balaban J connectivity index is 2.12. The second-order valence-corrected chi connectivity index (χ2v) is 9.22. The number of phenols is 1. The molecule has 1 atom stereocenters. The molecule has 7 nitrogen and oxygen atoms in total. The van der Waals surface area contributed by atoms with Crippen molar-refractivity contribution in [2.24, 2.45) is 11.0 Å². The molecule has 0 fully saturated rings. The molecule has 0 aromatic heterocycles. The van der Waals surface area contributed by atoms with Gasteiger partial charge in [-0.3, -0.25) is 4.79 Å². The van der Waals surface area contributed by atoms with E-state index in [-0.39, 0.29) is 16.6 Å². The van der Waals surface area contributed by atoms with Crippen LogP contribution < -0.4 is 10.1 Å². The van der Waals surface area contributed by atoms with Crippen LogP contribution in [-0.2, 0) is 14.8 Å². The van der Waals surface area contributed by atoms with E-state index >= 15 is 0 Å². The fourth-order valence-corrected chi connectivity index (χ4v) is 4.03. The maximum Gasteiger partial charge on any atom is 0.258 e. The Morgan fingerprint density at radius 1 is 1.18 bits per heavy atom. The molecular weight excluding hydrogens is 446 g/mol. The first-order chi connectivity index (χ1) is 13.1. The van der Waals surface area contributed by atoms with Gasteiger partial charge in [0.25, 0.3) is 5.91 Å². The zero-order valence-electron chi connectivity index (χ0n) is 15.7. The number of phenolic OH excluding ortho intramolecular Hbond substituents is 1. The molecule has 3 N–H and O–H groups in total. The summed E-state index contributed by atoms with van der Waals surface area (Å²) in [5.41, 5.74) is 3.65. The number of sulfonamides is 1. The van der Waals surface area contributed by atoms with Crippen LogP contribution in [0.5, 0.6) is 5.75 Å². The number of amides is 1. The molecule has 0 aliphatic rings. The highest BCUT2D eigenvalue weighted by Gasteiger charge is 2.28. The lowest BCUT2D eigenvalue weighted by atomic mass is 10.1. The Bertz CT molecular complexity index is 973. The third kappa shape index (κ3) is 5.88. The highest BCUT2D eigenvalue weighted by atomic mass is 79.9. The van der Waals surface area contributed by atoms with E-state index in [1.807, 2.05) is 6.92 Å². The summed E-state index contributed by atoms with van der Waals surface area (Å²) in [7, 11) is -3.86. The van der Waals surface area contributed by atoms with Gasteiger partial charge in [-0.15, -0.1) is 0 Å². The Kier molecular flexibility index (Phi) is 7.34. The minimum atomic E-state index is -3.86. The number of aryl methyl sites for hydroxylation is 1. The molecule has 0 aliphatic heterocycles. The minimum Gasteiger partial charge on any atom is -0.507 e. The standard InChI is InChI=1S/C19H22BrN3O4S/c1-12(2)18(23-28(26,27)16-7-4-13(3)5-8-16)19(25)22-21-11-14-10-15(20)6-9-17(14)24/h4-12,18,23-24H,1-3H3,(H,22,25)/b21-11-/t18-/m1/s1. The number of rotatable bonds is 7. The monoisotopic (exact) mass is 467 g/mol. The summed E-state index contributed by atoms with van der Waals surface area (Å²) in [4.78, 5) is 12.5. The number of aromatic hydroxyl groups is 1. The molecule has 0 saturated heterocycles. The topological polar surface area (TPSA) is 108 Å². The maximum atomic E-state index is 12.6. The van der Waals surface area contributed by atoms with E-state index in [9.17, 15) is 18.3 Å². The normalized spacial score (nSPS) is 13.0. The highest BCUT2D eigenvalue weighted by Crippen LogP contribution is 2.20. The van der Waals surface area contributed by atoms with Crippen molar-refractivity contribution in [3.8, 4) is 5.75 Å². The van der Waals surface area contributed by atoms with Gasteiger partial charge in [0, 0.05) is 10.0 Å². The molecule has 0 spiro atoms. The number of hydrazone groups is 1. The number of carbonyl (C=O) groups is 1. The summed E-state index contributed by atoms with van der Waals surface area (Å²) in [6, 6.07) is 10.1. The van der Waals surface area contributed by atoms with Crippen LogP contribution in [0.4, 0.5) is 0 Å². The van der Waals surface area contributed by atoms with Gasteiger partial charge in [-0.1, -0.05) is 47.5 Å². The third-order valence-corrected chi connectivity index (χ3v) is 5.88. The minimum absolute atomic E-state index is 0.00156. The summed E-state index contributed by atoms with van der Waals surface area (Å²) in [6.45, 7) is 5.31. The molecular formula is C19H22BrN3O4S. The zero-order valence-corrected chi connectivity index (χ0v) is 18.1. The Hall–Kier alpha value is -2.23. The van der Waals surface area contributed by atoms with Crippen LogP contribution in [0.15, 0.2) is 56.9 Å². The van der Waals surface area contributed by atoms with Gasteiger partial charge in [0.15, 0.2) is 0 Å². The van der Waals surface area contributed by atoms with E-state index in [0.29, 0.717) is 5.56 Å². The predicted octanol–water partition coefficient (Wildman–Crippen LogP) is 2.92. The van der Waals surface area contributed by atoms with Gasteiger partial charge in [0.2, 0.25) is 10.0 Å². The molecule has 0 heterocycles. The average molecular weight is 468 g/mol. The van der Waals surface area contributed by atoms with Crippen molar-refractivity contribution in [2.45, 2.75) is 31.7 Å². The molecule has 9 heteroatoms. The Labute approximate surface area is 173 Å². The molecule has 150 valence electrons. The third-order valence-electron chi connectivity index (χ3n) is 3.93. The van der Waals surface area contributed by atoms with Crippen LogP contribution in [0.3, 0.4) is 0 Å². The van der Waals surface area contributed by atoms with Crippen molar-refractivity contribution >= 4 is 38.1 Å². The summed E-state index contributed by atoms with van der Waals surface area (Å²) < 4.78 is 28.3. The molecule has 0 saturated carbocycles.